The van der Waals surface area contributed by atoms with Gasteiger partial charge in [0, 0.05) is 5.54 Å². The molecule has 1 N–H and O–H groups in total. The molecule has 0 saturated heterocycles. The molecule has 1 aromatic carbocycles. The lowest BCUT2D eigenvalue weighted by Crippen LogP contribution is -2.00. The van der Waals surface area contributed by atoms with E-state index in [4.69, 9.17) is 21.4 Å². The number of aromatic carboxylic acids is 1. The van der Waals surface area contributed by atoms with Gasteiger partial charge in [-0.15, -0.1) is 0 Å². The van der Waals surface area contributed by atoms with E-state index in [0.717, 1.165) is 29.7 Å². The minimum Gasteiger partial charge on any atom is -0.489 e. The fraction of sp³-hybridized carbons (Fsp3) is 0.250. The van der Waals surface area contributed by atoms with E-state index in [1.165, 1.54) is 5.54 Å². The van der Waals surface area contributed by atoms with Crippen molar-refractivity contribution in [3.63, 3.8) is 0 Å². The van der Waals surface area contributed by atoms with Crippen LogP contribution >= 0.6 is 11.6 Å². The largest absolute Gasteiger partial charge is 0.489 e. The summed E-state index contributed by atoms with van der Waals surface area (Å²) in [5, 5.41) is 8.88. The third-order valence-electron chi connectivity index (χ3n) is 2.59. The van der Waals surface area contributed by atoms with Gasteiger partial charge in [-0.25, -0.2) is 4.79 Å². The Morgan fingerprint density at radius 2 is 2.25 bits per heavy atom. The number of carboxylic acid groups (broad SMARTS) is 1. The Kier molecular flexibility index (Phi) is 3.15. The summed E-state index contributed by atoms with van der Waals surface area (Å²) >= 11 is 5.64. The second kappa shape index (κ2) is 4.58. The molecule has 1 aromatic rings. The molecule has 0 radical (unpaired) electrons. The van der Waals surface area contributed by atoms with Crippen LogP contribution in [0.2, 0.25) is 0 Å². The van der Waals surface area contributed by atoms with Crippen molar-refractivity contribution in [1.29, 1.82) is 0 Å². The maximum Gasteiger partial charge on any atom is 0.335 e. The van der Waals surface area contributed by atoms with Gasteiger partial charge < -0.3 is 9.84 Å². The maximum absolute atomic E-state index is 10.8. The molecule has 0 atom stereocenters. The van der Waals surface area contributed by atoms with Crippen LogP contribution in [0.5, 0.6) is 5.75 Å². The zero-order chi connectivity index (χ0) is 11.5. The Hall–Kier alpha value is -1.48. The van der Waals surface area contributed by atoms with E-state index in [0.29, 0.717) is 12.2 Å². The van der Waals surface area contributed by atoms with Crippen molar-refractivity contribution in [2.75, 3.05) is 6.61 Å². The van der Waals surface area contributed by atoms with E-state index in [9.17, 15) is 4.79 Å². The lowest BCUT2D eigenvalue weighted by atomic mass is 10.0. The van der Waals surface area contributed by atoms with E-state index in [2.05, 4.69) is 0 Å². The van der Waals surface area contributed by atoms with Crippen LogP contribution in [0.1, 0.15) is 22.3 Å². The van der Waals surface area contributed by atoms with Gasteiger partial charge in [-0.2, -0.15) is 0 Å². The number of carboxylic acids is 1. The highest BCUT2D eigenvalue weighted by Gasteiger charge is 2.14. The van der Waals surface area contributed by atoms with Crippen LogP contribution in [0.4, 0.5) is 0 Å². The van der Waals surface area contributed by atoms with E-state index < -0.39 is 5.97 Å². The third kappa shape index (κ3) is 2.19. The molecule has 2 rings (SSSR count). The van der Waals surface area contributed by atoms with Crippen LogP contribution in [0, 0.1) is 0 Å². The number of ether oxygens (including phenoxy) is 1. The SMILES string of the molecule is O=C(O)c1ccc2c(c1)CCC(=CCl)CO2. The fourth-order valence-corrected chi connectivity index (χ4v) is 1.84. The van der Waals surface area contributed by atoms with Gasteiger partial charge in [-0.3, -0.25) is 0 Å². The van der Waals surface area contributed by atoms with E-state index in [1.807, 2.05) is 0 Å². The molecule has 0 fully saturated rings. The van der Waals surface area contributed by atoms with Crippen LogP contribution in [0.15, 0.2) is 29.3 Å². The average Bonchev–Trinajstić information content (AvgIpc) is 2.50. The lowest BCUT2D eigenvalue weighted by Gasteiger charge is -2.07. The molecule has 0 bridgehead atoms. The number of hydrogen-bond donors (Lipinski definition) is 1. The van der Waals surface area contributed by atoms with Crippen LogP contribution in [-0.4, -0.2) is 17.7 Å². The maximum atomic E-state index is 10.8. The molecular weight excluding hydrogens is 228 g/mol. The van der Waals surface area contributed by atoms with Gasteiger partial charge in [0.05, 0.1) is 5.56 Å². The first-order valence-corrected chi connectivity index (χ1v) is 5.41. The lowest BCUT2D eigenvalue weighted by molar-refractivity contribution is 0.0696. The number of aryl methyl sites for hydroxylation is 1. The summed E-state index contributed by atoms with van der Waals surface area (Å²) in [6.45, 7) is 0.475. The van der Waals surface area contributed by atoms with Crippen LogP contribution < -0.4 is 4.74 Å². The first-order chi connectivity index (χ1) is 7.70. The molecule has 0 unspecified atom stereocenters. The molecule has 84 valence electrons. The number of rotatable bonds is 1. The van der Waals surface area contributed by atoms with Crippen molar-refractivity contribution >= 4 is 17.6 Å². The number of hydrogen-bond acceptors (Lipinski definition) is 2. The summed E-state index contributed by atoms with van der Waals surface area (Å²) < 4.78 is 5.54. The number of halogens is 1. The highest BCUT2D eigenvalue weighted by molar-refractivity contribution is 6.25. The quantitative estimate of drug-likeness (QED) is 0.818. The molecule has 0 saturated carbocycles. The first-order valence-electron chi connectivity index (χ1n) is 4.98. The zero-order valence-corrected chi connectivity index (χ0v) is 9.33. The summed E-state index contributed by atoms with van der Waals surface area (Å²) in [6.07, 6.45) is 1.56. The minimum absolute atomic E-state index is 0.292. The van der Waals surface area contributed by atoms with Gasteiger partial charge in [0.2, 0.25) is 0 Å². The number of benzene rings is 1. The molecule has 16 heavy (non-hydrogen) atoms. The van der Waals surface area contributed by atoms with Crippen molar-refractivity contribution in [2.24, 2.45) is 0 Å². The van der Waals surface area contributed by atoms with Crippen LogP contribution in [0.25, 0.3) is 0 Å². The second-order valence-electron chi connectivity index (χ2n) is 3.68. The monoisotopic (exact) mass is 238 g/mol. The zero-order valence-electron chi connectivity index (χ0n) is 8.57. The summed E-state index contributed by atoms with van der Waals surface area (Å²) in [7, 11) is 0. The Morgan fingerprint density at radius 3 is 2.94 bits per heavy atom. The molecule has 0 spiro atoms. The second-order valence-corrected chi connectivity index (χ2v) is 3.90. The van der Waals surface area contributed by atoms with Gasteiger partial charge in [-0.05, 0) is 42.2 Å². The number of carbonyl (C=O) groups is 1. The van der Waals surface area contributed by atoms with Gasteiger partial charge in [0.15, 0.2) is 0 Å². The molecule has 1 heterocycles. The highest BCUT2D eigenvalue weighted by Crippen LogP contribution is 2.27. The van der Waals surface area contributed by atoms with Crippen molar-refractivity contribution in [1.82, 2.24) is 0 Å². The predicted molar refractivity (Wildman–Crippen MR) is 61.2 cm³/mol. The Bertz CT molecular complexity index is 452. The van der Waals surface area contributed by atoms with Gasteiger partial charge in [0.1, 0.15) is 12.4 Å². The van der Waals surface area contributed by atoms with Crippen molar-refractivity contribution < 1.29 is 14.6 Å². The van der Waals surface area contributed by atoms with Crippen molar-refractivity contribution in [2.45, 2.75) is 12.8 Å². The Morgan fingerprint density at radius 1 is 1.44 bits per heavy atom. The average molecular weight is 239 g/mol. The smallest absolute Gasteiger partial charge is 0.335 e. The number of fused-ring (bicyclic) bond motifs is 1. The summed E-state index contributed by atoms with van der Waals surface area (Å²) in [6, 6.07) is 4.92. The van der Waals surface area contributed by atoms with E-state index >= 15 is 0 Å². The van der Waals surface area contributed by atoms with Crippen LogP contribution in [0.3, 0.4) is 0 Å². The molecule has 3 nitrogen and oxygen atoms in total. The molecule has 1 aliphatic heterocycles. The molecule has 0 aromatic heterocycles. The summed E-state index contributed by atoms with van der Waals surface area (Å²) in [4.78, 5) is 10.8. The topological polar surface area (TPSA) is 46.5 Å². The van der Waals surface area contributed by atoms with E-state index in [-0.39, 0.29) is 0 Å². The first kappa shape index (κ1) is 11.0. The highest BCUT2D eigenvalue weighted by atomic mass is 35.5. The molecule has 0 amide bonds. The Labute approximate surface area is 98.3 Å². The standard InChI is InChI=1S/C12H11ClO3/c13-6-8-1-2-9-5-10(12(14)15)3-4-11(9)16-7-8/h3-6H,1-2,7H2,(H,14,15). The normalized spacial score (nSPS) is 17.4. The minimum atomic E-state index is -0.917. The molecule has 0 aliphatic carbocycles. The van der Waals surface area contributed by atoms with Gasteiger partial charge in [0.25, 0.3) is 0 Å². The predicted octanol–water partition coefficient (Wildman–Crippen LogP) is 2.83. The van der Waals surface area contributed by atoms with Gasteiger partial charge in [-0.1, -0.05) is 11.6 Å². The summed E-state index contributed by atoms with van der Waals surface area (Å²) in [5.41, 5.74) is 3.77. The molecular formula is C12H11ClO3. The fourth-order valence-electron chi connectivity index (χ4n) is 1.67. The van der Waals surface area contributed by atoms with Crippen molar-refractivity contribution in [3.05, 3.63) is 40.4 Å². The van der Waals surface area contributed by atoms with Gasteiger partial charge >= 0.3 is 5.97 Å². The molecule has 4 heteroatoms. The Balaban J connectivity index is 2.32. The molecule has 1 aliphatic rings. The van der Waals surface area contributed by atoms with Crippen molar-refractivity contribution in [3.8, 4) is 5.75 Å². The van der Waals surface area contributed by atoms with Crippen LogP contribution in [-0.2, 0) is 6.42 Å². The summed E-state index contributed by atoms with van der Waals surface area (Å²) in [5.74, 6) is -0.168. The van der Waals surface area contributed by atoms with E-state index in [1.54, 1.807) is 18.2 Å². The third-order valence-corrected chi connectivity index (χ3v) is 2.90.